The third kappa shape index (κ3) is 8.07. The van der Waals surface area contributed by atoms with Crippen LogP contribution in [0.2, 0.25) is 0 Å². The van der Waals surface area contributed by atoms with Gasteiger partial charge in [0.05, 0.1) is 18.8 Å². The summed E-state index contributed by atoms with van der Waals surface area (Å²) in [6.07, 6.45) is 1.70. The van der Waals surface area contributed by atoms with Crippen molar-refractivity contribution in [2.24, 2.45) is 0 Å². The van der Waals surface area contributed by atoms with Gasteiger partial charge in [0.15, 0.2) is 0 Å². The lowest BCUT2D eigenvalue weighted by molar-refractivity contribution is -0.150. The van der Waals surface area contributed by atoms with E-state index in [-0.39, 0.29) is 12.7 Å². The maximum absolute atomic E-state index is 13.3. The quantitative estimate of drug-likeness (QED) is 0.385. The standard InChI is InChI=1S/C20H32NO7P/c1-4-5-9-15(2)27-20(23)16(3)21-29(24,28-17-10-7-6-8-11-17)26-14-19-18(22)12-13-25-19/h6-8,10-11,15-16,18-19,22H,4-5,9,12-14H2,1-3H3,(H,21,24)/t15?,16-,18?,19+,29?/m0/s1. The van der Waals surface area contributed by atoms with E-state index in [0.29, 0.717) is 18.8 Å². The number of esters is 1. The molecule has 0 radical (unpaired) electrons. The van der Waals surface area contributed by atoms with Crippen molar-refractivity contribution in [3.63, 3.8) is 0 Å². The third-order valence-electron chi connectivity index (χ3n) is 4.54. The highest BCUT2D eigenvalue weighted by Gasteiger charge is 2.36. The van der Waals surface area contributed by atoms with Crippen LogP contribution in [0.5, 0.6) is 5.75 Å². The Bertz CT molecular complexity index is 672. The van der Waals surface area contributed by atoms with E-state index in [9.17, 15) is 14.5 Å². The van der Waals surface area contributed by atoms with Gasteiger partial charge >= 0.3 is 13.7 Å². The highest BCUT2D eigenvalue weighted by Crippen LogP contribution is 2.45. The van der Waals surface area contributed by atoms with Crippen LogP contribution in [0.1, 0.15) is 46.5 Å². The number of rotatable bonds is 12. The van der Waals surface area contributed by atoms with Crippen molar-refractivity contribution in [2.75, 3.05) is 13.2 Å². The molecule has 0 aromatic heterocycles. The average Bonchev–Trinajstić information content (AvgIpc) is 3.10. The molecule has 164 valence electrons. The van der Waals surface area contributed by atoms with Gasteiger partial charge in [0, 0.05) is 6.61 Å². The molecule has 0 spiro atoms. The molecule has 9 heteroatoms. The summed E-state index contributed by atoms with van der Waals surface area (Å²) >= 11 is 0. The van der Waals surface area contributed by atoms with Gasteiger partial charge in [-0.05, 0) is 38.8 Å². The molecule has 3 unspecified atom stereocenters. The number of hydrogen-bond acceptors (Lipinski definition) is 7. The first-order chi connectivity index (χ1) is 13.8. The lowest BCUT2D eigenvalue weighted by atomic mass is 10.2. The second-order valence-electron chi connectivity index (χ2n) is 7.20. The van der Waals surface area contributed by atoms with Crippen LogP contribution in [0, 0.1) is 0 Å². The topological polar surface area (TPSA) is 103 Å². The molecular formula is C20H32NO7P. The molecule has 1 aliphatic rings. The smallest absolute Gasteiger partial charge is 0.459 e. The van der Waals surface area contributed by atoms with Crippen LogP contribution in [-0.2, 0) is 23.4 Å². The van der Waals surface area contributed by atoms with Crippen molar-refractivity contribution < 1.29 is 33.0 Å². The molecule has 1 aromatic carbocycles. The van der Waals surface area contributed by atoms with Gasteiger partial charge in [-0.3, -0.25) is 9.32 Å². The molecule has 0 aliphatic carbocycles. The number of aliphatic hydroxyl groups excluding tert-OH is 1. The van der Waals surface area contributed by atoms with Crippen molar-refractivity contribution in [3.05, 3.63) is 30.3 Å². The third-order valence-corrected chi connectivity index (χ3v) is 6.18. The monoisotopic (exact) mass is 429 g/mol. The van der Waals surface area contributed by atoms with Crippen molar-refractivity contribution in [3.8, 4) is 5.75 Å². The Kier molecular flexibility index (Phi) is 9.59. The molecule has 29 heavy (non-hydrogen) atoms. The molecule has 1 saturated heterocycles. The second-order valence-corrected chi connectivity index (χ2v) is 8.90. The molecule has 0 amide bonds. The van der Waals surface area contributed by atoms with Crippen molar-refractivity contribution >= 4 is 13.7 Å². The number of benzene rings is 1. The molecule has 1 aliphatic heterocycles. The van der Waals surface area contributed by atoms with Gasteiger partial charge in [0.1, 0.15) is 17.9 Å². The van der Waals surface area contributed by atoms with Crippen molar-refractivity contribution in [1.82, 2.24) is 5.09 Å². The molecule has 2 rings (SSSR count). The highest BCUT2D eigenvalue weighted by molar-refractivity contribution is 7.52. The minimum Gasteiger partial charge on any atom is -0.462 e. The van der Waals surface area contributed by atoms with E-state index in [1.165, 1.54) is 0 Å². The summed E-state index contributed by atoms with van der Waals surface area (Å²) in [5.74, 6) is -0.209. The number of aliphatic hydroxyl groups is 1. The molecule has 0 saturated carbocycles. The molecular weight excluding hydrogens is 397 g/mol. The van der Waals surface area contributed by atoms with Crippen molar-refractivity contribution in [2.45, 2.75) is 70.8 Å². The van der Waals surface area contributed by atoms with Gasteiger partial charge in [-0.1, -0.05) is 38.0 Å². The van der Waals surface area contributed by atoms with Crippen molar-refractivity contribution in [1.29, 1.82) is 0 Å². The Labute approximate surface area is 172 Å². The Hall–Kier alpha value is -1.44. The van der Waals surface area contributed by atoms with E-state index >= 15 is 0 Å². The summed E-state index contributed by atoms with van der Waals surface area (Å²) in [4.78, 5) is 12.4. The zero-order valence-corrected chi connectivity index (χ0v) is 18.2. The van der Waals surface area contributed by atoms with Gasteiger partial charge in [-0.25, -0.2) is 4.57 Å². The van der Waals surface area contributed by atoms with E-state index < -0.39 is 32.0 Å². The van der Waals surface area contributed by atoms with E-state index in [0.717, 1.165) is 19.3 Å². The van der Waals surface area contributed by atoms with Gasteiger partial charge in [0.2, 0.25) is 0 Å². The van der Waals surface area contributed by atoms with Gasteiger partial charge in [-0.2, -0.15) is 5.09 Å². The summed E-state index contributed by atoms with van der Waals surface area (Å²) in [6, 6.07) is 7.62. The molecule has 8 nitrogen and oxygen atoms in total. The van der Waals surface area contributed by atoms with Crippen LogP contribution >= 0.6 is 7.75 Å². The molecule has 5 atom stereocenters. The van der Waals surface area contributed by atoms with Crippen LogP contribution in [0.3, 0.4) is 0 Å². The Morgan fingerprint density at radius 3 is 2.69 bits per heavy atom. The maximum atomic E-state index is 13.3. The minimum absolute atomic E-state index is 0.132. The first-order valence-corrected chi connectivity index (χ1v) is 11.6. The maximum Gasteiger partial charge on any atom is 0.459 e. The number of unbranched alkanes of at least 4 members (excludes halogenated alkanes) is 1. The number of hydrogen-bond donors (Lipinski definition) is 2. The van der Waals surface area contributed by atoms with Crippen LogP contribution < -0.4 is 9.61 Å². The summed E-state index contributed by atoms with van der Waals surface area (Å²) in [6.45, 7) is 5.71. The molecule has 1 aromatic rings. The number of carbonyl (C=O) groups excluding carboxylic acids is 1. The zero-order chi connectivity index (χ0) is 21.3. The number of ether oxygens (including phenoxy) is 2. The van der Waals surface area contributed by atoms with Crippen LogP contribution in [0.25, 0.3) is 0 Å². The lowest BCUT2D eigenvalue weighted by Gasteiger charge is -2.25. The minimum atomic E-state index is -3.94. The Morgan fingerprint density at radius 2 is 2.07 bits per heavy atom. The summed E-state index contributed by atoms with van der Waals surface area (Å²) in [5, 5.41) is 12.5. The van der Waals surface area contributed by atoms with Crippen LogP contribution in [0.15, 0.2) is 30.3 Å². The zero-order valence-electron chi connectivity index (χ0n) is 17.3. The predicted octanol–water partition coefficient (Wildman–Crippen LogP) is 3.44. The van der Waals surface area contributed by atoms with E-state index in [4.69, 9.17) is 18.5 Å². The van der Waals surface area contributed by atoms with E-state index in [1.807, 2.05) is 6.92 Å². The number of carbonyl (C=O) groups is 1. The van der Waals surface area contributed by atoms with Gasteiger partial charge in [-0.15, -0.1) is 0 Å². The summed E-state index contributed by atoms with van der Waals surface area (Å²) in [5.41, 5.74) is 0. The lowest BCUT2D eigenvalue weighted by Crippen LogP contribution is -2.37. The molecule has 1 heterocycles. The van der Waals surface area contributed by atoms with Gasteiger partial charge in [0.25, 0.3) is 0 Å². The Balaban J connectivity index is 2.01. The van der Waals surface area contributed by atoms with Crippen LogP contribution in [-0.4, -0.2) is 48.6 Å². The van der Waals surface area contributed by atoms with E-state index in [1.54, 1.807) is 37.3 Å². The predicted molar refractivity (Wildman–Crippen MR) is 109 cm³/mol. The summed E-state index contributed by atoms with van der Waals surface area (Å²) < 4.78 is 35.2. The highest BCUT2D eigenvalue weighted by atomic mass is 31.2. The Morgan fingerprint density at radius 1 is 1.34 bits per heavy atom. The van der Waals surface area contributed by atoms with E-state index in [2.05, 4.69) is 12.0 Å². The number of nitrogens with one attached hydrogen (secondary N) is 1. The fourth-order valence-corrected chi connectivity index (χ4v) is 4.32. The first-order valence-electron chi connectivity index (χ1n) is 10.1. The SMILES string of the molecule is CCCCC(C)OC(=O)[C@H](C)NP(=O)(OC[C@H]1OCCC1O)Oc1ccccc1. The summed E-state index contributed by atoms with van der Waals surface area (Å²) in [7, 11) is -3.94. The number of para-hydroxylation sites is 1. The van der Waals surface area contributed by atoms with Crippen LogP contribution in [0.4, 0.5) is 0 Å². The van der Waals surface area contributed by atoms with Gasteiger partial charge < -0.3 is 19.1 Å². The fraction of sp³-hybridized carbons (Fsp3) is 0.650. The first kappa shape index (κ1) is 23.8. The average molecular weight is 429 g/mol. The molecule has 1 fully saturated rings. The largest absolute Gasteiger partial charge is 0.462 e. The second kappa shape index (κ2) is 11.7. The normalized spacial score (nSPS) is 23.2. The fourth-order valence-electron chi connectivity index (χ4n) is 2.82. The molecule has 0 bridgehead atoms. The molecule has 2 N–H and O–H groups in total.